The smallest absolute Gasteiger partial charge is 0.364 e. The molecule has 3 saturated heterocycles. The molecule has 24 atom stereocenters. The van der Waals surface area contributed by atoms with Crippen molar-refractivity contribution in [2.24, 2.45) is 11.7 Å². The summed E-state index contributed by atoms with van der Waals surface area (Å²) >= 11 is 14.0. The van der Waals surface area contributed by atoms with Gasteiger partial charge in [0.05, 0.1) is 54.5 Å². The van der Waals surface area contributed by atoms with E-state index in [1.807, 2.05) is 0 Å². The van der Waals surface area contributed by atoms with E-state index in [0.29, 0.717) is 6.07 Å². The van der Waals surface area contributed by atoms with Crippen LogP contribution in [0.1, 0.15) is 96.9 Å². The summed E-state index contributed by atoms with van der Waals surface area (Å²) in [5.74, 6) is -25.8. The lowest BCUT2D eigenvalue weighted by Crippen LogP contribution is -2.71. The third kappa shape index (κ3) is 19.3. The molecule has 13 rings (SSSR count). The molecule has 5 aromatic carbocycles. The minimum absolute atomic E-state index is 0.146. The van der Waals surface area contributed by atoms with E-state index in [1.54, 1.807) is 13.8 Å². The van der Waals surface area contributed by atoms with Gasteiger partial charge >= 0.3 is 11.9 Å². The zero-order valence-corrected chi connectivity index (χ0v) is 65.9. The molecule has 0 aromatic heterocycles. The highest BCUT2D eigenvalue weighted by molar-refractivity contribution is 6.33. The number of carboxylic acids is 2. The van der Waals surface area contributed by atoms with Crippen molar-refractivity contribution in [3.8, 4) is 57.1 Å². The molecule has 8 aliphatic rings. The number of primary amides is 1. The number of hydrogen-bond donors (Lipinski definition) is 25. The third-order valence-electron chi connectivity index (χ3n) is 20.8. The van der Waals surface area contributed by atoms with Gasteiger partial charge in [-0.1, -0.05) is 49.2 Å². The lowest BCUT2D eigenvalue weighted by molar-refractivity contribution is -0.384. The molecule has 8 amide bonds. The number of hydrogen-bond acceptors (Lipinski definition) is 34. The summed E-state index contributed by atoms with van der Waals surface area (Å²) in [6, 6.07) is -4.88. The standard InChI is InChI=1S/C76H87Cl2N9O35/c1-24(2)11-35(80-4)66(105)86-53-55(98)27-6-9-41(33(77)13-27)115-43-15-29-16-44(62(43)119-73-60(103)59(102)63(46(23-90)118-73)120-74-61(104)65(58(101)45(22-89)117-74)122-76(75(113)114)20-39(95)52(81-25(3)91)64(121-76)57(100)40(96)21-88)116-42-10-7-28(14-34(42)78)56(99)54-71(110)85-51(72(111)112)32-17-30(92)18-38(94)48(32)31-12-26(5-8-37(31)93)49(68(107)87-54)84-69(108)50(29)83-67(106)36(19-47(79)97)82-70(53)109/h5-10,12-18,24,35-36,39-40,45-46,49-55,57-61,63-65,73-74,80,88-90,92-96,98,100-104H,11,19-23H2,1-4H3,(H2,79,97)(H,81,91)(H,82,109)(H,83,106)(H,84,108)(H,85,110)(H,86,105)(H,87,107)(H,111,112)(H,113,114)/t35-,36+,39+,40-,45-,46-,49-,50-,51+,52-,53-,54+,55-,57-,58+,59-,60-,61-,63-,64-,65+,73+,74+,76+/m1/s1. The van der Waals surface area contributed by atoms with Crippen LogP contribution in [-0.2, 0) is 71.6 Å². The Morgan fingerprint density at radius 2 is 1.25 bits per heavy atom. The van der Waals surface area contributed by atoms with Gasteiger partial charge in [-0.05, 0) is 96.7 Å². The second-order valence-corrected chi connectivity index (χ2v) is 30.6. The van der Waals surface area contributed by atoms with Crippen LogP contribution in [0, 0.1) is 5.92 Å². The first-order chi connectivity index (χ1) is 57.6. The number of ketones is 1. The van der Waals surface area contributed by atoms with Crippen molar-refractivity contribution in [3.63, 3.8) is 0 Å². The maximum atomic E-state index is 16.1. The van der Waals surface area contributed by atoms with E-state index in [1.165, 1.54) is 7.05 Å². The van der Waals surface area contributed by atoms with Crippen LogP contribution in [0.2, 0.25) is 10.0 Å². The molecule has 44 nitrogen and oxygen atoms in total. The van der Waals surface area contributed by atoms with Crippen molar-refractivity contribution in [1.82, 2.24) is 42.5 Å². The Hall–Kier alpha value is -10.8. The Morgan fingerprint density at radius 1 is 0.648 bits per heavy atom. The average Bonchev–Trinajstić information content (AvgIpc) is 0.756. The van der Waals surface area contributed by atoms with Crippen LogP contribution in [-0.4, -0.2) is 295 Å². The summed E-state index contributed by atoms with van der Waals surface area (Å²) < 4.78 is 48.7. The number of phenolic OH excluding ortho intramolecular Hbond substituents is 3. The Labute approximate surface area is 698 Å². The molecule has 660 valence electrons. The number of Topliss-reactive ketones (excluding diaryl/α,β-unsaturated/α-hetero) is 1. The molecular weight excluding hydrogens is 1670 g/mol. The number of rotatable bonds is 21. The molecule has 0 spiro atoms. The third-order valence-corrected chi connectivity index (χ3v) is 21.4. The zero-order valence-electron chi connectivity index (χ0n) is 64.4. The molecule has 0 radical (unpaired) electrons. The topological polar surface area (TPSA) is 708 Å². The Morgan fingerprint density at radius 3 is 1.84 bits per heavy atom. The molecule has 8 heterocycles. The Balaban J connectivity index is 1.07. The number of carbonyl (C=O) groups excluding carboxylic acids is 9. The second kappa shape index (κ2) is 37.9. The number of aliphatic hydroxyl groups excluding tert-OH is 11. The number of aliphatic hydroxyl groups is 11. The first-order valence-corrected chi connectivity index (χ1v) is 38.2. The first-order valence-electron chi connectivity index (χ1n) is 37.4. The summed E-state index contributed by atoms with van der Waals surface area (Å²) in [5.41, 5.74) is 2.00. The van der Waals surface area contributed by atoms with Crippen LogP contribution in [0.3, 0.4) is 0 Å². The van der Waals surface area contributed by atoms with Gasteiger partial charge in [0, 0.05) is 41.7 Å². The van der Waals surface area contributed by atoms with Crippen molar-refractivity contribution in [2.75, 3.05) is 26.9 Å². The number of nitrogens with two attached hydrogens (primary N) is 1. The Kier molecular flexibility index (Phi) is 28.5. The van der Waals surface area contributed by atoms with Crippen molar-refractivity contribution >= 4 is 88.2 Å². The normalized spacial score (nSPS) is 30.1. The number of phenols is 3. The fourth-order valence-corrected chi connectivity index (χ4v) is 15.1. The quantitative estimate of drug-likeness (QED) is 0.0306. The molecule has 0 aliphatic carbocycles. The van der Waals surface area contributed by atoms with Crippen LogP contribution in [0.15, 0.2) is 78.9 Å². The highest BCUT2D eigenvalue weighted by Crippen LogP contribution is 2.50. The number of amides is 8. The predicted molar refractivity (Wildman–Crippen MR) is 406 cm³/mol. The number of carbonyl (C=O) groups is 11. The van der Waals surface area contributed by atoms with E-state index in [2.05, 4.69) is 42.5 Å². The summed E-state index contributed by atoms with van der Waals surface area (Å²) in [6.45, 7) is 0.801. The number of aliphatic carboxylic acids is 2. The van der Waals surface area contributed by atoms with Gasteiger partial charge in [0.1, 0.15) is 126 Å². The summed E-state index contributed by atoms with van der Waals surface area (Å²) in [5, 5.41) is 198. The summed E-state index contributed by atoms with van der Waals surface area (Å²) in [4.78, 5) is 158. The van der Waals surface area contributed by atoms with E-state index < -0.39 is 333 Å². The van der Waals surface area contributed by atoms with Gasteiger partial charge in [-0.3, -0.25) is 43.2 Å². The lowest BCUT2D eigenvalue weighted by Gasteiger charge is -2.50. The molecule has 3 fully saturated rings. The molecule has 5 aromatic rings. The fraction of sp³-hybridized carbons (Fsp3) is 0.461. The van der Waals surface area contributed by atoms with Crippen molar-refractivity contribution in [3.05, 3.63) is 117 Å². The molecule has 46 heteroatoms. The minimum atomic E-state index is -3.30. The molecule has 0 unspecified atom stereocenters. The molecule has 122 heavy (non-hydrogen) atoms. The first kappa shape index (κ1) is 91.9. The van der Waals surface area contributed by atoms with Crippen molar-refractivity contribution in [1.29, 1.82) is 0 Å². The summed E-state index contributed by atoms with van der Waals surface area (Å²) in [7, 11) is 1.43. The highest BCUT2D eigenvalue weighted by atomic mass is 35.5. The fourth-order valence-electron chi connectivity index (χ4n) is 14.7. The maximum absolute atomic E-state index is 16.1. The van der Waals surface area contributed by atoms with Gasteiger partial charge in [0.15, 0.2) is 35.7 Å². The zero-order chi connectivity index (χ0) is 89.3. The Bertz CT molecular complexity index is 4870. The number of halogens is 2. The maximum Gasteiger partial charge on any atom is 0.364 e. The number of ether oxygens (including phenoxy) is 8. The van der Waals surface area contributed by atoms with Crippen molar-refractivity contribution in [2.45, 2.75) is 186 Å². The van der Waals surface area contributed by atoms with Crippen LogP contribution in [0.5, 0.6) is 46.0 Å². The highest BCUT2D eigenvalue weighted by Gasteiger charge is 2.61. The summed E-state index contributed by atoms with van der Waals surface area (Å²) in [6.07, 6.45) is -36.5. The number of fused-ring (bicyclic) bond motifs is 15. The van der Waals surface area contributed by atoms with Gasteiger partial charge in [-0.25, -0.2) is 9.59 Å². The van der Waals surface area contributed by atoms with E-state index >= 15 is 19.2 Å². The largest absolute Gasteiger partial charge is 0.508 e. The number of nitrogens with one attached hydrogen (secondary N) is 8. The van der Waals surface area contributed by atoms with Crippen molar-refractivity contribution < 1.29 is 172 Å². The predicted octanol–water partition coefficient (Wildman–Crippen LogP) is -4.98. The SMILES string of the molecule is CN[C@H](CC(C)C)C(=O)N[C@H]1C(=O)N[C@@H](CC(N)=O)C(=O)N[C@H]2C(=O)N[C@H]3C(=O)N[C@H](C(=O)N[C@H](C(=O)O)c4cc(O)cc(O)c4-c4cc3ccc4O)C(=O)c3ccc(c(Cl)c3)Oc3cc2cc(c3O[C@@H]2O[C@H](CO)[C@@H](O[C@@H]3O[C@H](CO)[C@H](O)[C@H](O[C@]4(C(=O)O)C[C@H](O)[C@@H](NC(C)=O)[C@H]([C@H](O)[C@H](O)CO)O4)[C@H]3O)[C@H](O)[C@H]2O)Oc2ccc(cc2Cl)[C@H]1O. The monoisotopic (exact) mass is 1760 g/mol. The molecular formula is C76H87Cl2N9O35. The average molecular weight is 1760 g/mol. The van der Waals surface area contributed by atoms with Gasteiger partial charge < -0.3 is 168 Å². The molecule has 11 bridgehead atoms. The van der Waals surface area contributed by atoms with Gasteiger partial charge in [-0.15, -0.1) is 0 Å². The van der Waals surface area contributed by atoms with E-state index in [4.69, 9.17) is 66.8 Å². The van der Waals surface area contributed by atoms with Gasteiger partial charge in [0.2, 0.25) is 53.4 Å². The van der Waals surface area contributed by atoms with E-state index in [-0.39, 0.29) is 17.9 Å². The minimum Gasteiger partial charge on any atom is -0.508 e. The molecule has 0 saturated carbocycles. The van der Waals surface area contributed by atoms with Crippen LogP contribution in [0.25, 0.3) is 11.1 Å². The van der Waals surface area contributed by atoms with Crippen LogP contribution >= 0.6 is 23.2 Å². The van der Waals surface area contributed by atoms with Gasteiger partial charge in [-0.2, -0.15) is 0 Å². The van der Waals surface area contributed by atoms with Crippen LogP contribution in [0.4, 0.5) is 0 Å². The number of benzene rings is 5. The number of aromatic hydroxyl groups is 3. The molecule has 8 aliphatic heterocycles. The second-order valence-electron chi connectivity index (χ2n) is 29.8. The number of likely N-dealkylation sites (N-methyl/N-ethyl adjacent to an activating group) is 1. The van der Waals surface area contributed by atoms with E-state index in [9.17, 15) is 115 Å². The van der Waals surface area contributed by atoms with Crippen LogP contribution < -0.4 is 62.5 Å². The van der Waals surface area contributed by atoms with Gasteiger partial charge in [0.25, 0.3) is 11.7 Å². The lowest BCUT2D eigenvalue weighted by atomic mass is 9.88. The molecule has 26 N–H and O–H groups in total. The number of carboxylic acid groups (broad SMARTS) is 2. The van der Waals surface area contributed by atoms with E-state index in [0.717, 1.165) is 79.7 Å².